The maximum atomic E-state index is 12.1. The van der Waals surface area contributed by atoms with E-state index in [0.717, 1.165) is 12.8 Å². The Morgan fingerprint density at radius 1 is 1.35 bits per heavy atom. The first-order chi connectivity index (χ1) is 12.2. The maximum Gasteiger partial charge on any atom is 0.410 e. The summed E-state index contributed by atoms with van der Waals surface area (Å²) in [6.45, 7) is 6.72. The zero-order valence-electron chi connectivity index (χ0n) is 15.1. The Bertz CT molecular complexity index is 818. The third kappa shape index (κ3) is 4.04. The number of carbonyl (C=O) groups is 2. The molecule has 1 saturated heterocycles. The van der Waals surface area contributed by atoms with E-state index in [0.29, 0.717) is 30.1 Å². The lowest BCUT2D eigenvalue weighted by atomic mass is 10.1. The van der Waals surface area contributed by atoms with Crippen molar-refractivity contribution >= 4 is 29.0 Å². The molecule has 0 spiro atoms. The molecule has 9 heteroatoms. The molecule has 1 fully saturated rings. The van der Waals surface area contributed by atoms with Gasteiger partial charge in [-0.05, 0) is 33.6 Å². The Hall–Kier alpha value is -2.84. The zero-order valence-corrected chi connectivity index (χ0v) is 15.1. The van der Waals surface area contributed by atoms with Gasteiger partial charge < -0.3 is 25.0 Å². The van der Waals surface area contributed by atoms with Crippen LogP contribution in [0.5, 0.6) is 0 Å². The number of carbonyl (C=O) groups excluding carboxylic acids is 1. The number of amides is 1. The van der Waals surface area contributed by atoms with Gasteiger partial charge in [0.2, 0.25) is 0 Å². The Morgan fingerprint density at radius 3 is 2.65 bits per heavy atom. The number of carboxylic acid groups (broad SMARTS) is 1. The molecule has 3 rings (SSSR count). The molecule has 3 heterocycles. The second-order valence-corrected chi connectivity index (χ2v) is 7.35. The predicted octanol–water partition coefficient (Wildman–Crippen LogP) is 2.47. The topological polar surface area (TPSA) is 120 Å². The number of carboxylic acids is 1. The molecule has 0 aliphatic carbocycles. The quantitative estimate of drug-likeness (QED) is 0.768. The number of piperidine rings is 1. The fourth-order valence-electron chi connectivity index (χ4n) is 2.87. The summed E-state index contributed by atoms with van der Waals surface area (Å²) in [6, 6.07) is 0.132. The molecule has 1 aliphatic heterocycles. The van der Waals surface area contributed by atoms with Gasteiger partial charge in [-0.1, -0.05) is 0 Å². The van der Waals surface area contributed by atoms with Crippen LogP contribution in [0.15, 0.2) is 12.4 Å². The maximum absolute atomic E-state index is 12.1. The van der Waals surface area contributed by atoms with Gasteiger partial charge in [-0.25, -0.2) is 19.6 Å². The van der Waals surface area contributed by atoms with Gasteiger partial charge in [0.25, 0.3) is 0 Å². The van der Waals surface area contributed by atoms with E-state index in [1.165, 1.54) is 6.20 Å². The van der Waals surface area contributed by atoms with E-state index < -0.39 is 11.6 Å². The largest absolute Gasteiger partial charge is 0.478 e. The van der Waals surface area contributed by atoms with Crippen LogP contribution in [0.2, 0.25) is 0 Å². The summed E-state index contributed by atoms with van der Waals surface area (Å²) in [7, 11) is 0. The molecule has 0 saturated carbocycles. The predicted molar refractivity (Wildman–Crippen MR) is 95.3 cm³/mol. The van der Waals surface area contributed by atoms with E-state index in [-0.39, 0.29) is 17.7 Å². The summed E-state index contributed by atoms with van der Waals surface area (Å²) in [5.41, 5.74) is 0.354. The van der Waals surface area contributed by atoms with Crippen molar-refractivity contribution in [1.82, 2.24) is 19.9 Å². The number of H-pyrrole nitrogens is 1. The van der Waals surface area contributed by atoms with Crippen molar-refractivity contribution < 1.29 is 19.4 Å². The van der Waals surface area contributed by atoms with Gasteiger partial charge in [0.1, 0.15) is 22.5 Å². The Morgan fingerprint density at radius 2 is 2.04 bits per heavy atom. The molecule has 2 aromatic rings. The highest BCUT2D eigenvalue weighted by atomic mass is 16.6. The monoisotopic (exact) mass is 361 g/mol. The number of aromatic carboxylic acids is 1. The van der Waals surface area contributed by atoms with E-state index in [1.54, 1.807) is 11.1 Å². The van der Waals surface area contributed by atoms with E-state index >= 15 is 0 Å². The number of anilines is 1. The van der Waals surface area contributed by atoms with Gasteiger partial charge in [0, 0.05) is 25.3 Å². The minimum Gasteiger partial charge on any atom is -0.478 e. The zero-order chi connectivity index (χ0) is 18.9. The van der Waals surface area contributed by atoms with Crippen LogP contribution in [0, 0.1) is 0 Å². The number of aromatic amines is 1. The number of nitrogens with zero attached hydrogens (tertiary/aromatic N) is 3. The van der Waals surface area contributed by atoms with Crippen LogP contribution < -0.4 is 5.32 Å². The van der Waals surface area contributed by atoms with Crippen molar-refractivity contribution in [3.05, 3.63) is 18.0 Å². The molecular weight excluding hydrogens is 338 g/mol. The number of rotatable bonds is 3. The van der Waals surface area contributed by atoms with Crippen molar-refractivity contribution in [2.75, 3.05) is 18.4 Å². The first kappa shape index (κ1) is 18.0. The smallest absolute Gasteiger partial charge is 0.410 e. The summed E-state index contributed by atoms with van der Waals surface area (Å²) in [6.07, 6.45) is 4.16. The summed E-state index contributed by atoms with van der Waals surface area (Å²) in [5, 5.41) is 12.5. The fourth-order valence-corrected chi connectivity index (χ4v) is 2.87. The van der Waals surface area contributed by atoms with Crippen LogP contribution in [0.3, 0.4) is 0 Å². The normalized spacial score (nSPS) is 15.9. The van der Waals surface area contributed by atoms with Gasteiger partial charge in [-0.3, -0.25) is 0 Å². The summed E-state index contributed by atoms with van der Waals surface area (Å²) < 4.78 is 5.39. The summed E-state index contributed by atoms with van der Waals surface area (Å²) >= 11 is 0. The van der Waals surface area contributed by atoms with Crippen molar-refractivity contribution in [2.24, 2.45) is 0 Å². The van der Waals surface area contributed by atoms with Crippen LogP contribution in [0.4, 0.5) is 10.6 Å². The number of nitrogens with one attached hydrogen (secondary N) is 2. The van der Waals surface area contributed by atoms with Crippen LogP contribution in [0.25, 0.3) is 11.2 Å². The van der Waals surface area contributed by atoms with Gasteiger partial charge >= 0.3 is 12.1 Å². The van der Waals surface area contributed by atoms with Crippen molar-refractivity contribution in [1.29, 1.82) is 0 Å². The number of likely N-dealkylation sites (tertiary alicyclic amines) is 1. The van der Waals surface area contributed by atoms with Gasteiger partial charge in [-0.2, -0.15) is 0 Å². The molecule has 1 aliphatic rings. The molecule has 26 heavy (non-hydrogen) atoms. The molecule has 9 nitrogen and oxygen atoms in total. The second kappa shape index (κ2) is 6.81. The van der Waals surface area contributed by atoms with Gasteiger partial charge in [0.15, 0.2) is 5.65 Å². The average Bonchev–Trinajstić information content (AvgIpc) is 2.97. The third-order valence-corrected chi connectivity index (χ3v) is 4.11. The Labute approximate surface area is 150 Å². The van der Waals surface area contributed by atoms with Crippen molar-refractivity contribution in [3.8, 4) is 0 Å². The first-order valence-electron chi connectivity index (χ1n) is 8.55. The highest BCUT2D eigenvalue weighted by molar-refractivity contribution is 6.00. The summed E-state index contributed by atoms with van der Waals surface area (Å²) in [5.74, 6) is -0.524. The minimum atomic E-state index is -1.05. The second-order valence-electron chi connectivity index (χ2n) is 7.35. The lowest BCUT2D eigenvalue weighted by Crippen LogP contribution is -2.44. The molecule has 0 bridgehead atoms. The van der Waals surface area contributed by atoms with Crippen LogP contribution in [0.1, 0.15) is 44.0 Å². The molecule has 0 aromatic carbocycles. The van der Waals surface area contributed by atoms with Gasteiger partial charge in [-0.15, -0.1) is 0 Å². The van der Waals surface area contributed by atoms with E-state index in [1.807, 2.05) is 20.8 Å². The van der Waals surface area contributed by atoms with Crippen LogP contribution in [-0.2, 0) is 4.74 Å². The Kier molecular flexibility index (Phi) is 4.71. The average molecular weight is 361 g/mol. The molecule has 0 atom stereocenters. The lowest BCUT2D eigenvalue weighted by Gasteiger charge is -2.33. The van der Waals surface area contributed by atoms with E-state index in [2.05, 4.69) is 20.3 Å². The van der Waals surface area contributed by atoms with Crippen molar-refractivity contribution in [3.63, 3.8) is 0 Å². The standard InChI is InChI=1S/C17H23N5O4/c1-17(2,3)26-16(25)22-6-4-10(5-7-22)20-12-9-19-14-13(21-12)11(8-18-14)15(23)24/h8-10H,4-7H2,1-3H3,(H,18,19)(H,20,21)(H,23,24). The number of fused-ring (bicyclic) bond motifs is 1. The summed E-state index contributed by atoms with van der Waals surface area (Å²) in [4.78, 5) is 36.4. The first-order valence-corrected chi connectivity index (χ1v) is 8.55. The fraction of sp³-hybridized carbons (Fsp3) is 0.529. The van der Waals surface area contributed by atoms with Crippen molar-refractivity contribution in [2.45, 2.75) is 45.3 Å². The number of aromatic nitrogens is 3. The Balaban J connectivity index is 1.61. The molecule has 140 valence electrons. The third-order valence-electron chi connectivity index (χ3n) is 4.11. The minimum absolute atomic E-state index is 0.0934. The number of hydrogen-bond acceptors (Lipinski definition) is 6. The highest BCUT2D eigenvalue weighted by Crippen LogP contribution is 2.20. The van der Waals surface area contributed by atoms with E-state index in [9.17, 15) is 14.7 Å². The molecule has 1 amide bonds. The molecule has 3 N–H and O–H groups in total. The molecular formula is C17H23N5O4. The number of hydrogen-bond donors (Lipinski definition) is 3. The molecule has 0 radical (unpaired) electrons. The molecule has 2 aromatic heterocycles. The highest BCUT2D eigenvalue weighted by Gasteiger charge is 2.27. The SMILES string of the molecule is CC(C)(C)OC(=O)N1CCC(Nc2cnc3[nH]cc(C(=O)O)c3n2)CC1. The van der Waals surface area contributed by atoms with E-state index in [4.69, 9.17) is 4.74 Å². The van der Waals surface area contributed by atoms with Gasteiger partial charge in [0.05, 0.1) is 6.20 Å². The van der Waals surface area contributed by atoms with Crippen LogP contribution in [-0.4, -0.2) is 61.8 Å². The van der Waals surface area contributed by atoms with Crippen LogP contribution >= 0.6 is 0 Å². The lowest BCUT2D eigenvalue weighted by molar-refractivity contribution is 0.0210. The molecule has 0 unspecified atom stereocenters. The number of ether oxygens (including phenoxy) is 1.